The van der Waals surface area contributed by atoms with Crippen molar-refractivity contribution in [3.05, 3.63) is 126 Å². The zero-order chi connectivity index (χ0) is 28.0. The fraction of sp³-hybridized carbons (Fsp3) is 0. The first-order valence-electron chi connectivity index (χ1n) is 13.6. The van der Waals surface area contributed by atoms with Crippen molar-refractivity contribution in [2.75, 3.05) is 0 Å². The van der Waals surface area contributed by atoms with Gasteiger partial charge in [0, 0.05) is 5.56 Å². The second-order valence-electron chi connectivity index (χ2n) is 10.6. The van der Waals surface area contributed by atoms with Crippen LogP contribution in [0.1, 0.15) is 0 Å². The van der Waals surface area contributed by atoms with Crippen LogP contribution >= 0.6 is 23.1 Å². The van der Waals surface area contributed by atoms with Gasteiger partial charge < -0.3 is 18.8 Å². The number of benzene rings is 6. The van der Waals surface area contributed by atoms with Gasteiger partial charge in [-0.3, -0.25) is 0 Å². The summed E-state index contributed by atoms with van der Waals surface area (Å²) in [5.41, 5.74) is 6.36. The van der Waals surface area contributed by atoms with E-state index in [2.05, 4.69) is 88.7 Å². The molecule has 3 heterocycles. The number of halogens is 1. The molecule has 0 amide bonds. The summed E-state index contributed by atoms with van der Waals surface area (Å²) in [6.45, 7) is 0. The van der Waals surface area contributed by atoms with Gasteiger partial charge in [0.1, 0.15) is 44.7 Å². The van der Waals surface area contributed by atoms with Gasteiger partial charge in [0.25, 0.3) is 0 Å². The van der Waals surface area contributed by atoms with Crippen LogP contribution in [0.25, 0.3) is 33.4 Å². The lowest BCUT2D eigenvalue weighted by Crippen LogP contribution is -2.39. The van der Waals surface area contributed by atoms with Gasteiger partial charge in [-0.1, -0.05) is 72.8 Å². The Labute approximate surface area is 250 Å². The van der Waals surface area contributed by atoms with E-state index >= 15 is 4.57 Å². The van der Waals surface area contributed by atoms with Crippen LogP contribution in [-0.2, 0) is 4.57 Å². The SMILES string of the molecule is O=P12c3c4cccc3Oc3c(-c5cccc(-c6cccc(-c7ccccc7)c6)c5)ccc(c31)Oc1c(Br)ccc(c12)O4. The number of hydrogen-bond donors (Lipinski definition) is 0. The highest BCUT2D eigenvalue weighted by molar-refractivity contribution is 9.10. The molecule has 9 rings (SSSR count). The summed E-state index contributed by atoms with van der Waals surface area (Å²) in [4.78, 5) is 0. The Kier molecular flexibility index (Phi) is 5.00. The third-order valence-corrected chi connectivity index (χ3v) is 12.0. The summed E-state index contributed by atoms with van der Waals surface area (Å²) in [6, 6.07) is 40.6. The van der Waals surface area contributed by atoms with Crippen LogP contribution in [0.15, 0.2) is 126 Å². The van der Waals surface area contributed by atoms with Crippen LogP contribution in [0.2, 0.25) is 0 Å². The van der Waals surface area contributed by atoms with E-state index in [-0.39, 0.29) is 0 Å². The van der Waals surface area contributed by atoms with Crippen molar-refractivity contribution in [3.8, 4) is 67.9 Å². The minimum atomic E-state index is -3.37. The minimum absolute atomic E-state index is 0.532. The van der Waals surface area contributed by atoms with Crippen molar-refractivity contribution in [2.24, 2.45) is 0 Å². The first-order chi connectivity index (χ1) is 20.6. The Hall–Kier alpha value is -4.57. The molecular weight excluding hydrogens is 607 g/mol. The first kappa shape index (κ1) is 24.1. The normalized spacial score (nSPS) is 16.5. The molecule has 3 aliphatic heterocycles. The molecule has 0 N–H and O–H groups in total. The van der Waals surface area contributed by atoms with Crippen LogP contribution in [0, 0.1) is 0 Å². The van der Waals surface area contributed by atoms with Crippen LogP contribution < -0.4 is 30.1 Å². The Morgan fingerprint density at radius 1 is 0.452 bits per heavy atom. The molecule has 1 unspecified atom stereocenters. The lowest BCUT2D eigenvalue weighted by molar-refractivity contribution is 0.439. The van der Waals surface area contributed by atoms with Crippen molar-refractivity contribution in [3.63, 3.8) is 0 Å². The smallest absolute Gasteiger partial charge is 0.193 e. The van der Waals surface area contributed by atoms with E-state index in [0.29, 0.717) is 50.4 Å². The molecule has 0 aliphatic carbocycles. The second-order valence-corrected chi connectivity index (χ2v) is 14.0. The van der Waals surface area contributed by atoms with Crippen molar-refractivity contribution in [2.45, 2.75) is 0 Å². The van der Waals surface area contributed by atoms with Gasteiger partial charge in [-0.25, -0.2) is 0 Å². The number of rotatable bonds is 3. The minimum Gasteiger partial charge on any atom is -0.455 e. The Morgan fingerprint density at radius 3 is 1.76 bits per heavy atom. The molecule has 0 saturated carbocycles. The zero-order valence-electron chi connectivity index (χ0n) is 22.0. The third kappa shape index (κ3) is 3.26. The lowest BCUT2D eigenvalue weighted by Gasteiger charge is -2.39. The fourth-order valence-electron chi connectivity index (χ4n) is 6.30. The molecule has 0 spiro atoms. The average Bonchev–Trinajstić information content (AvgIpc) is 3.03. The molecule has 0 aromatic heterocycles. The summed E-state index contributed by atoms with van der Waals surface area (Å²) < 4.78 is 35.5. The molecule has 4 nitrogen and oxygen atoms in total. The van der Waals surface area contributed by atoms with Gasteiger partial charge >= 0.3 is 0 Å². The topological polar surface area (TPSA) is 44.8 Å². The first-order valence-corrected chi connectivity index (χ1v) is 16.1. The number of ether oxygens (including phenoxy) is 3. The molecule has 3 aliphatic rings. The van der Waals surface area contributed by atoms with Crippen LogP contribution in [-0.4, -0.2) is 0 Å². The molecule has 0 fully saturated rings. The van der Waals surface area contributed by atoms with Crippen molar-refractivity contribution >= 4 is 39.0 Å². The van der Waals surface area contributed by atoms with E-state index < -0.39 is 7.14 Å². The van der Waals surface area contributed by atoms with Gasteiger partial charge in [0.2, 0.25) is 0 Å². The summed E-state index contributed by atoms with van der Waals surface area (Å²) in [5, 5.41) is 1.77. The molecule has 0 bridgehead atoms. The average molecular weight is 627 g/mol. The van der Waals surface area contributed by atoms with Crippen LogP contribution in [0.5, 0.6) is 34.5 Å². The maximum atomic E-state index is 15.5. The van der Waals surface area contributed by atoms with Crippen molar-refractivity contribution in [1.82, 2.24) is 0 Å². The van der Waals surface area contributed by atoms with Crippen LogP contribution in [0.3, 0.4) is 0 Å². The van der Waals surface area contributed by atoms with Gasteiger partial charge in [0.05, 0.1) is 4.47 Å². The maximum absolute atomic E-state index is 15.5. The van der Waals surface area contributed by atoms with Gasteiger partial charge in [0.15, 0.2) is 12.9 Å². The van der Waals surface area contributed by atoms with Crippen molar-refractivity contribution in [1.29, 1.82) is 0 Å². The monoisotopic (exact) mass is 626 g/mol. The standard InChI is InChI=1S/C36H20BrO4P/c37-27-16-18-30-36-33(27)41-31-17-15-26(32-35(31)42(36,38)34-28(39-30)13-6-14-29(34)40-32)25-12-5-11-24(20-25)23-10-4-9-22(19-23)21-7-2-1-3-8-21/h1-20H. The summed E-state index contributed by atoms with van der Waals surface area (Å²) in [7, 11) is -3.37. The second kappa shape index (κ2) is 8.72. The highest BCUT2D eigenvalue weighted by Crippen LogP contribution is 2.65. The molecule has 1 atom stereocenters. The fourth-order valence-corrected chi connectivity index (χ4v) is 10.2. The third-order valence-electron chi connectivity index (χ3n) is 8.17. The molecule has 42 heavy (non-hydrogen) atoms. The Bertz CT molecular complexity index is 2170. The van der Waals surface area contributed by atoms with E-state index in [9.17, 15) is 0 Å². The Morgan fingerprint density at radius 2 is 0.976 bits per heavy atom. The molecule has 6 aromatic carbocycles. The maximum Gasteiger partial charge on any atom is 0.193 e. The molecule has 6 aromatic rings. The van der Waals surface area contributed by atoms with Gasteiger partial charge in [-0.05, 0) is 92.3 Å². The molecular formula is C36H20BrO4P. The Balaban J connectivity index is 1.24. The molecule has 0 saturated heterocycles. The van der Waals surface area contributed by atoms with E-state index in [0.717, 1.165) is 32.3 Å². The van der Waals surface area contributed by atoms with E-state index in [1.54, 1.807) is 0 Å². The highest BCUT2D eigenvalue weighted by atomic mass is 79.9. The van der Waals surface area contributed by atoms with E-state index in [1.807, 2.05) is 48.5 Å². The predicted octanol–water partition coefficient (Wildman–Crippen LogP) is 9.41. The lowest BCUT2D eigenvalue weighted by atomic mass is 9.96. The zero-order valence-corrected chi connectivity index (χ0v) is 24.5. The van der Waals surface area contributed by atoms with Crippen LogP contribution in [0.4, 0.5) is 0 Å². The van der Waals surface area contributed by atoms with Crippen molar-refractivity contribution < 1.29 is 18.8 Å². The molecule has 6 heteroatoms. The highest BCUT2D eigenvalue weighted by Gasteiger charge is 2.53. The summed E-state index contributed by atoms with van der Waals surface area (Å²) in [5.74, 6) is 3.29. The predicted molar refractivity (Wildman–Crippen MR) is 170 cm³/mol. The summed E-state index contributed by atoms with van der Waals surface area (Å²) >= 11 is 3.61. The largest absolute Gasteiger partial charge is 0.455 e. The van der Waals surface area contributed by atoms with E-state index in [4.69, 9.17) is 14.2 Å². The van der Waals surface area contributed by atoms with Gasteiger partial charge in [-0.15, -0.1) is 0 Å². The molecule has 0 radical (unpaired) electrons. The van der Waals surface area contributed by atoms with E-state index in [1.165, 1.54) is 5.56 Å². The molecule has 200 valence electrons. The summed E-state index contributed by atoms with van der Waals surface area (Å²) in [6.07, 6.45) is 0. The number of hydrogen-bond acceptors (Lipinski definition) is 4. The van der Waals surface area contributed by atoms with Gasteiger partial charge in [-0.2, -0.15) is 0 Å². The quantitative estimate of drug-likeness (QED) is 0.183.